The van der Waals surface area contributed by atoms with Crippen LogP contribution in [-0.2, 0) is 4.79 Å². The highest BCUT2D eigenvalue weighted by Crippen LogP contribution is 2.23. The number of rotatable bonds is 7. The maximum Gasteiger partial charge on any atom is 0.278 e. The Bertz CT molecular complexity index is 1080. The van der Waals surface area contributed by atoms with Crippen molar-refractivity contribution in [3.63, 3.8) is 0 Å². The van der Waals surface area contributed by atoms with Gasteiger partial charge in [-0.25, -0.2) is 4.98 Å². The van der Waals surface area contributed by atoms with Crippen molar-refractivity contribution in [3.8, 4) is 0 Å². The second-order valence-corrected chi connectivity index (χ2v) is 8.60. The van der Waals surface area contributed by atoms with Crippen molar-refractivity contribution in [2.24, 2.45) is 0 Å². The lowest BCUT2D eigenvalue weighted by Crippen LogP contribution is -2.26. The summed E-state index contributed by atoms with van der Waals surface area (Å²) in [7, 11) is 0. The van der Waals surface area contributed by atoms with Crippen molar-refractivity contribution in [1.82, 2.24) is 14.5 Å². The topological polar surface area (TPSA) is 79.8 Å². The molecular formula is C22H28N4O2S. The summed E-state index contributed by atoms with van der Waals surface area (Å²) in [5.74, 6) is 0.460. The zero-order chi connectivity index (χ0) is 21.1. The molecule has 1 unspecified atom stereocenters. The first-order valence-electron chi connectivity index (χ1n) is 9.94. The third-order valence-electron chi connectivity index (χ3n) is 4.99. The molecule has 0 aliphatic heterocycles. The average molecular weight is 413 g/mol. The van der Waals surface area contributed by atoms with E-state index in [-0.39, 0.29) is 23.3 Å². The van der Waals surface area contributed by atoms with Gasteiger partial charge in [-0.15, -0.1) is 0 Å². The Labute approximate surface area is 175 Å². The van der Waals surface area contributed by atoms with Gasteiger partial charge in [0.15, 0.2) is 5.16 Å². The van der Waals surface area contributed by atoms with Gasteiger partial charge < -0.3 is 10.3 Å². The first-order chi connectivity index (χ1) is 13.8. The molecule has 0 fully saturated rings. The minimum Gasteiger partial charge on any atom is -0.353 e. The first kappa shape index (κ1) is 21.2. The number of hydrogen-bond acceptors (Lipinski definition) is 4. The molecule has 0 saturated heterocycles. The normalized spacial score (nSPS) is 12.5. The molecule has 29 heavy (non-hydrogen) atoms. The third-order valence-corrected chi connectivity index (χ3v) is 5.94. The molecule has 1 aromatic carbocycles. The fraction of sp³-hybridized carbons (Fsp3) is 0.409. The maximum absolute atomic E-state index is 13.0. The lowest BCUT2D eigenvalue weighted by molar-refractivity contribution is -0.113. The number of aromatic amines is 1. The number of nitrogens with one attached hydrogen (secondary N) is 2. The monoisotopic (exact) mass is 412 g/mol. The van der Waals surface area contributed by atoms with E-state index in [1.807, 2.05) is 45.0 Å². The number of benzene rings is 1. The first-order valence-corrected chi connectivity index (χ1v) is 10.9. The number of fused-ring (bicyclic) bond motifs is 1. The molecule has 0 aliphatic rings. The van der Waals surface area contributed by atoms with Gasteiger partial charge in [0.2, 0.25) is 5.91 Å². The quantitative estimate of drug-likeness (QED) is 0.429. The van der Waals surface area contributed by atoms with Crippen LogP contribution in [0, 0.1) is 6.92 Å². The van der Waals surface area contributed by atoms with E-state index in [1.54, 1.807) is 4.57 Å². The van der Waals surface area contributed by atoms with Crippen molar-refractivity contribution in [1.29, 1.82) is 0 Å². The SMILES string of the molecule is CCC(C)n1c(SCC(=O)Nc2cccc(C(C)C)c2)nc2cc(C)[nH]c2c1=O. The summed E-state index contributed by atoms with van der Waals surface area (Å²) in [6.45, 7) is 10.2. The van der Waals surface area contributed by atoms with Crippen LogP contribution in [0.25, 0.3) is 11.0 Å². The van der Waals surface area contributed by atoms with Gasteiger partial charge >= 0.3 is 0 Å². The van der Waals surface area contributed by atoms with Gasteiger partial charge in [-0.3, -0.25) is 14.2 Å². The maximum atomic E-state index is 13.0. The second-order valence-electron chi connectivity index (χ2n) is 7.66. The Morgan fingerprint density at radius 1 is 1.28 bits per heavy atom. The Kier molecular flexibility index (Phi) is 6.47. The van der Waals surface area contributed by atoms with Crippen LogP contribution in [0.2, 0.25) is 0 Å². The summed E-state index contributed by atoms with van der Waals surface area (Å²) in [4.78, 5) is 33.3. The smallest absolute Gasteiger partial charge is 0.278 e. The fourth-order valence-corrected chi connectivity index (χ4v) is 4.06. The van der Waals surface area contributed by atoms with E-state index < -0.39 is 0 Å². The minimum atomic E-state index is -0.119. The summed E-state index contributed by atoms with van der Waals surface area (Å²) < 4.78 is 1.69. The van der Waals surface area contributed by atoms with Crippen LogP contribution in [0.15, 0.2) is 40.3 Å². The lowest BCUT2D eigenvalue weighted by Gasteiger charge is -2.17. The Balaban J connectivity index is 1.81. The summed E-state index contributed by atoms with van der Waals surface area (Å²) in [6, 6.07) is 9.74. The highest BCUT2D eigenvalue weighted by molar-refractivity contribution is 7.99. The molecule has 2 heterocycles. The molecule has 6 nitrogen and oxygen atoms in total. The number of hydrogen-bond donors (Lipinski definition) is 2. The number of thioether (sulfide) groups is 1. The molecule has 3 rings (SSSR count). The van der Waals surface area contributed by atoms with E-state index >= 15 is 0 Å². The molecule has 2 aromatic heterocycles. The van der Waals surface area contributed by atoms with Crippen LogP contribution in [0.5, 0.6) is 0 Å². The molecular weight excluding hydrogens is 384 g/mol. The number of H-pyrrole nitrogens is 1. The van der Waals surface area contributed by atoms with Crippen LogP contribution in [0.3, 0.4) is 0 Å². The number of carbonyl (C=O) groups excluding carboxylic acids is 1. The number of carbonyl (C=O) groups is 1. The Morgan fingerprint density at radius 2 is 2.03 bits per heavy atom. The van der Waals surface area contributed by atoms with Crippen molar-refractivity contribution in [2.45, 2.75) is 58.2 Å². The molecule has 2 N–H and O–H groups in total. The van der Waals surface area contributed by atoms with Crippen molar-refractivity contribution in [3.05, 3.63) is 51.9 Å². The van der Waals surface area contributed by atoms with E-state index in [1.165, 1.54) is 17.3 Å². The van der Waals surface area contributed by atoms with E-state index in [0.717, 1.165) is 17.8 Å². The highest BCUT2D eigenvalue weighted by Gasteiger charge is 2.18. The van der Waals surface area contributed by atoms with Crippen LogP contribution in [0.1, 0.15) is 57.3 Å². The number of aryl methyl sites for hydroxylation is 1. The molecule has 154 valence electrons. The number of amides is 1. The van der Waals surface area contributed by atoms with Crippen molar-refractivity contribution >= 4 is 34.4 Å². The van der Waals surface area contributed by atoms with E-state index in [9.17, 15) is 9.59 Å². The molecule has 3 aromatic rings. The summed E-state index contributed by atoms with van der Waals surface area (Å²) >= 11 is 1.29. The number of nitrogens with zero attached hydrogens (tertiary/aromatic N) is 2. The van der Waals surface area contributed by atoms with Gasteiger partial charge in [0, 0.05) is 17.4 Å². The van der Waals surface area contributed by atoms with Gasteiger partial charge in [-0.05, 0) is 49.9 Å². The zero-order valence-electron chi connectivity index (χ0n) is 17.6. The predicted molar refractivity (Wildman–Crippen MR) is 120 cm³/mol. The Hall–Kier alpha value is -2.54. The van der Waals surface area contributed by atoms with Crippen LogP contribution in [-0.4, -0.2) is 26.2 Å². The lowest BCUT2D eigenvalue weighted by atomic mass is 10.0. The molecule has 0 saturated carbocycles. The molecule has 0 spiro atoms. The van der Waals surface area contributed by atoms with E-state index in [2.05, 4.69) is 35.2 Å². The van der Waals surface area contributed by atoms with Gasteiger partial charge in [0.1, 0.15) is 5.52 Å². The van der Waals surface area contributed by atoms with Crippen molar-refractivity contribution in [2.75, 3.05) is 11.1 Å². The molecule has 1 amide bonds. The minimum absolute atomic E-state index is 0.00343. The third kappa shape index (κ3) is 4.72. The Morgan fingerprint density at radius 3 is 2.72 bits per heavy atom. The predicted octanol–water partition coefficient (Wildman–Crippen LogP) is 4.86. The van der Waals surface area contributed by atoms with Gasteiger partial charge in [0.05, 0.1) is 11.3 Å². The standard InChI is InChI=1S/C22H28N4O2S/c1-6-15(5)26-21(28)20-18(10-14(4)23-20)25-22(26)29-12-19(27)24-17-9-7-8-16(11-17)13(2)3/h7-11,13,15,23H,6,12H2,1-5H3,(H,24,27). The molecule has 0 radical (unpaired) electrons. The van der Waals surface area contributed by atoms with Crippen LogP contribution in [0.4, 0.5) is 5.69 Å². The van der Waals surface area contributed by atoms with Gasteiger partial charge in [0.25, 0.3) is 5.56 Å². The second kappa shape index (κ2) is 8.86. The molecule has 1 atom stereocenters. The molecule has 0 bridgehead atoms. The number of aromatic nitrogens is 3. The summed E-state index contributed by atoms with van der Waals surface area (Å²) in [5, 5.41) is 3.52. The highest BCUT2D eigenvalue weighted by atomic mass is 32.2. The van der Waals surface area contributed by atoms with Crippen LogP contribution >= 0.6 is 11.8 Å². The summed E-state index contributed by atoms with van der Waals surface area (Å²) in [5.41, 5.74) is 3.92. The van der Waals surface area contributed by atoms with Crippen molar-refractivity contribution < 1.29 is 4.79 Å². The van der Waals surface area contributed by atoms with Gasteiger partial charge in [-0.1, -0.05) is 44.7 Å². The molecule has 0 aliphatic carbocycles. The van der Waals surface area contributed by atoms with Crippen LogP contribution < -0.4 is 10.9 Å². The van der Waals surface area contributed by atoms with Gasteiger partial charge in [-0.2, -0.15) is 0 Å². The zero-order valence-corrected chi connectivity index (χ0v) is 18.4. The fourth-order valence-electron chi connectivity index (χ4n) is 3.17. The molecule has 7 heteroatoms. The van der Waals surface area contributed by atoms with E-state index in [4.69, 9.17) is 0 Å². The largest absolute Gasteiger partial charge is 0.353 e. The van der Waals surface area contributed by atoms with E-state index in [0.29, 0.717) is 22.1 Å². The number of anilines is 1. The average Bonchev–Trinajstić information content (AvgIpc) is 3.06. The summed E-state index contributed by atoms with van der Waals surface area (Å²) in [6.07, 6.45) is 0.800.